The smallest absolute Gasteiger partial charge is 0.253 e. The molecule has 2 aromatic rings. The molecule has 0 aliphatic rings. The van der Waals surface area contributed by atoms with Crippen LogP contribution in [0.25, 0.3) is 11.6 Å². The molecular weight excluding hydrogens is 406 g/mol. The number of carbonyl (C=O) groups is 3. The summed E-state index contributed by atoms with van der Waals surface area (Å²) >= 11 is 0. The van der Waals surface area contributed by atoms with E-state index >= 15 is 0 Å². The van der Waals surface area contributed by atoms with E-state index in [4.69, 9.17) is 0 Å². The van der Waals surface area contributed by atoms with Gasteiger partial charge in [-0.1, -0.05) is 11.6 Å². The van der Waals surface area contributed by atoms with Crippen LogP contribution in [-0.2, 0) is 9.59 Å². The van der Waals surface area contributed by atoms with Crippen LogP contribution in [0.5, 0.6) is 0 Å². The van der Waals surface area contributed by atoms with E-state index in [9.17, 15) is 14.4 Å². The Morgan fingerprint density at radius 2 is 1.81 bits per heavy atom. The van der Waals surface area contributed by atoms with E-state index in [1.807, 2.05) is 53.1 Å². The molecule has 0 atom stereocenters. The Morgan fingerprint density at radius 3 is 2.44 bits per heavy atom. The lowest BCUT2D eigenvalue weighted by molar-refractivity contribution is -0.118. The summed E-state index contributed by atoms with van der Waals surface area (Å²) in [6, 6.07) is 5.87. The summed E-state index contributed by atoms with van der Waals surface area (Å²) in [6.07, 6.45) is 3.38. The van der Waals surface area contributed by atoms with Gasteiger partial charge < -0.3 is 25.8 Å². The second-order valence-electron chi connectivity index (χ2n) is 7.68. The molecule has 1 aromatic heterocycles. The molecule has 8 nitrogen and oxygen atoms in total. The van der Waals surface area contributed by atoms with Crippen LogP contribution in [0.15, 0.2) is 18.2 Å². The Morgan fingerprint density at radius 1 is 1.09 bits per heavy atom. The molecule has 172 valence electrons. The molecule has 0 aliphatic carbocycles. The fourth-order valence-electron chi connectivity index (χ4n) is 3.58. The zero-order valence-corrected chi connectivity index (χ0v) is 19.5. The van der Waals surface area contributed by atoms with Gasteiger partial charge in [0.2, 0.25) is 6.41 Å². The van der Waals surface area contributed by atoms with Crippen molar-refractivity contribution in [1.82, 2.24) is 20.5 Å². The summed E-state index contributed by atoms with van der Waals surface area (Å²) in [5, 5.41) is 8.99. The predicted molar refractivity (Wildman–Crippen MR) is 129 cm³/mol. The third-order valence-corrected chi connectivity index (χ3v) is 5.37. The van der Waals surface area contributed by atoms with Gasteiger partial charge in [-0.2, -0.15) is 0 Å². The number of amides is 2. The lowest BCUT2D eigenvalue weighted by Crippen LogP contribution is -2.37. The molecular formula is C24H33N5O3. The minimum absolute atomic E-state index is 0.213. The maximum atomic E-state index is 12.8. The molecule has 0 saturated heterocycles. The Bertz CT molecular complexity index is 994. The number of likely N-dealkylation sites (N-methyl/N-ethyl adjacent to an activating group) is 1. The summed E-state index contributed by atoms with van der Waals surface area (Å²) < 4.78 is 0. The number of hydrogen-bond donors (Lipinski definition) is 4. The monoisotopic (exact) mass is 439 g/mol. The normalized spacial score (nSPS) is 11.2. The highest BCUT2D eigenvalue weighted by Gasteiger charge is 2.18. The molecule has 0 bridgehead atoms. The third-order valence-electron chi connectivity index (χ3n) is 5.37. The van der Waals surface area contributed by atoms with E-state index in [0.717, 1.165) is 40.8 Å². The number of benzene rings is 1. The van der Waals surface area contributed by atoms with Gasteiger partial charge in [0.05, 0.1) is 5.56 Å². The van der Waals surface area contributed by atoms with Crippen molar-refractivity contribution in [3.63, 3.8) is 0 Å². The van der Waals surface area contributed by atoms with Gasteiger partial charge in [0.25, 0.3) is 5.91 Å². The Balaban J connectivity index is 2.23. The first kappa shape index (κ1) is 24.9. The maximum Gasteiger partial charge on any atom is 0.253 e. The summed E-state index contributed by atoms with van der Waals surface area (Å²) in [5.41, 5.74) is 5.96. The second kappa shape index (κ2) is 11.9. The van der Waals surface area contributed by atoms with Crippen molar-refractivity contribution < 1.29 is 14.4 Å². The highest BCUT2D eigenvalue weighted by Crippen LogP contribution is 2.27. The first-order valence-electron chi connectivity index (χ1n) is 10.6. The molecule has 0 radical (unpaired) electrons. The van der Waals surface area contributed by atoms with E-state index in [2.05, 4.69) is 20.9 Å². The number of carbonyl (C=O) groups excluding carboxylic acids is 3. The number of aromatic nitrogens is 1. The lowest BCUT2D eigenvalue weighted by Gasteiger charge is -2.17. The van der Waals surface area contributed by atoms with Crippen LogP contribution in [0.3, 0.4) is 0 Å². The van der Waals surface area contributed by atoms with E-state index in [1.165, 1.54) is 0 Å². The van der Waals surface area contributed by atoms with E-state index in [-0.39, 0.29) is 5.91 Å². The van der Waals surface area contributed by atoms with Crippen LogP contribution in [0, 0.1) is 20.8 Å². The van der Waals surface area contributed by atoms with Crippen molar-refractivity contribution in [3.05, 3.63) is 51.8 Å². The third kappa shape index (κ3) is 6.07. The zero-order chi connectivity index (χ0) is 23.7. The average molecular weight is 440 g/mol. The molecule has 2 rings (SSSR count). The molecule has 8 heteroatoms. The summed E-state index contributed by atoms with van der Waals surface area (Å²) in [4.78, 5) is 40.7. The minimum atomic E-state index is -0.213. The molecule has 2 amide bonds. The van der Waals surface area contributed by atoms with Crippen molar-refractivity contribution in [3.8, 4) is 0 Å². The van der Waals surface area contributed by atoms with Crippen LogP contribution in [0.4, 0.5) is 5.69 Å². The summed E-state index contributed by atoms with van der Waals surface area (Å²) in [6.45, 7) is 7.71. The number of allylic oxidation sites excluding steroid dienone is 1. The molecule has 0 unspecified atom stereocenters. The molecule has 0 aliphatic heterocycles. The summed E-state index contributed by atoms with van der Waals surface area (Å²) in [5.74, 6) is -0.213. The average Bonchev–Trinajstić information content (AvgIpc) is 3.06. The van der Waals surface area contributed by atoms with E-state index in [0.29, 0.717) is 43.0 Å². The molecule has 4 N–H and O–H groups in total. The number of aromatic amines is 1. The lowest BCUT2D eigenvalue weighted by atomic mass is 10.00. The first-order chi connectivity index (χ1) is 15.4. The SMILES string of the molecule is CNCCN(C=O)CCNC(=O)c1c(C)[nH]c(/C=C(\C=O)c2cc(C)ccc2NC)c1C. The fourth-order valence-corrected chi connectivity index (χ4v) is 3.58. The van der Waals surface area contributed by atoms with Crippen LogP contribution in [0.1, 0.15) is 38.4 Å². The van der Waals surface area contributed by atoms with Crippen molar-refractivity contribution in [2.75, 3.05) is 45.6 Å². The van der Waals surface area contributed by atoms with Crippen molar-refractivity contribution in [2.45, 2.75) is 20.8 Å². The van der Waals surface area contributed by atoms with E-state index < -0.39 is 0 Å². The van der Waals surface area contributed by atoms with Gasteiger partial charge in [0.15, 0.2) is 6.29 Å². The highest BCUT2D eigenvalue weighted by atomic mass is 16.2. The molecule has 1 aromatic carbocycles. The highest BCUT2D eigenvalue weighted by molar-refractivity contribution is 6.15. The van der Waals surface area contributed by atoms with Gasteiger partial charge in [0.1, 0.15) is 0 Å². The number of H-pyrrole nitrogens is 1. The Labute approximate surface area is 189 Å². The van der Waals surface area contributed by atoms with Gasteiger partial charge in [-0.15, -0.1) is 0 Å². The number of nitrogens with one attached hydrogen (secondary N) is 4. The van der Waals surface area contributed by atoms with Gasteiger partial charge in [-0.05, 0) is 51.6 Å². The number of anilines is 1. The van der Waals surface area contributed by atoms with Crippen LogP contribution >= 0.6 is 0 Å². The number of hydrogen-bond acceptors (Lipinski definition) is 5. The van der Waals surface area contributed by atoms with Gasteiger partial charge in [-0.3, -0.25) is 14.4 Å². The quantitative estimate of drug-likeness (QED) is 0.299. The van der Waals surface area contributed by atoms with Crippen molar-refractivity contribution in [2.24, 2.45) is 0 Å². The molecule has 32 heavy (non-hydrogen) atoms. The zero-order valence-electron chi connectivity index (χ0n) is 19.5. The van der Waals surface area contributed by atoms with Gasteiger partial charge in [-0.25, -0.2) is 0 Å². The van der Waals surface area contributed by atoms with Crippen LogP contribution in [0.2, 0.25) is 0 Å². The number of rotatable bonds is 12. The maximum absolute atomic E-state index is 12.8. The molecule has 0 saturated carbocycles. The van der Waals surface area contributed by atoms with Crippen molar-refractivity contribution >= 4 is 35.9 Å². The number of aryl methyl sites for hydroxylation is 2. The standard InChI is InChI=1S/C24H33N5O3/c1-16-6-7-21(26-5)20(12-16)19(14-30)13-22-17(2)23(18(3)28-22)24(32)27-9-11-29(15-31)10-8-25-4/h6-7,12-15,25-26,28H,8-11H2,1-5H3,(H,27,32)/b19-13+. The Kier molecular flexibility index (Phi) is 9.22. The van der Waals surface area contributed by atoms with E-state index in [1.54, 1.807) is 11.0 Å². The first-order valence-corrected chi connectivity index (χ1v) is 10.6. The fraction of sp³-hybridized carbons (Fsp3) is 0.375. The topological polar surface area (TPSA) is 106 Å². The second-order valence-corrected chi connectivity index (χ2v) is 7.68. The summed E-state index contributed by atoms with van der Waals surface area (Å²) in [7, 11) is 3.64. The van der Waals surface area contributed by atoms with Crippen LogP contribution in [-0.4, -0.2) is 68.8 Å². The Hall–Kier alpha value is -3.39. The number of nitrogens with zero attached hydrogens (tertiary/aromatic N) is 1. The number of aldehydes is 1. The molecule has 0 spiro atoms. The van der Waals surface area contributed by atoms with Crippen molar-refractivity contribution in [1.29, 1.82) is 0 Å². The predicted octanol–water partition coefficient (Wildman–Crippen LogP) is 2.13. The molecule has 0 fully saturated rings. The van der Waals surface area contributed by atoms with Gasteiger partial charge in [0, 0.05) is 61.4 Å². The molecule has 1 heterocycles. The largest absolute Gasteiger partial charge is 0.388 e. The minimum Gasteiger partial charge on any atom is -0.388 e. The van der Waals surface area contributed by atoms with Gasteiger partial charge >= 0.3 is 0 Å². The van der Waals surface area contributed by atoms with Crippen LogP contribution < -0.4 is 16.0 Å².